The van der Waals surface area contributed by atoms with Gasteiger partial charge < -0.3 is 19.9 Å². The SMILES string of the molecule is Cc1ccc(CNC(=O)C2CCC(C(=O)O)CC2)c(OC2CCOC2)c1. The lowest BCUT2D eigenvalue weighted by molar-refractivity contribution is -0.144. The summed E-state index contributed by atoms with van der Waals surface area (Å²) in [5.74, 6) is -0.338. The molecule has 1 atom stereocenters. The Morgan fingerprint density at radius 2 is 1.92 bits per heavy atom. The molecule has 0 spiro atoms. The number of carboxylic acids is 1. The molecule has 1 amide bonds. The van der Waals surface area contributed by atoms with Gasteiger partial charge >= 0.3 is 5.97 Å². The monoisotopic (exact) mass is 361 g/mol. The largest absolute Gasteiger partial charge is 0.488 e. The minimum atomic E-state index is -0.749. The van der Waals surface area contributed by atoms with Crippen molar-refractivity contribution in [2.75, 3.05) is 13.2 Å². The summed E-state index contributed by atoms with van der Waals surface area (Å²) in [6.45, 7) is 3.76. The van der Waals surface area contributed by atoms with Crippen LogP contribution in [0.15, 0.2) is 18.2 Å². The van der Waals surface area contributed by atoms with Gasteiger partial charge in [-0.3, -0.25) is 9.59 Å². The molecule has 1 aliphatic heterocycles. The average Bonchev–Trinajstić information content (AvgIpc) is 3.14. The lowest BCUT2D eigenvalue weighted by Gasteiger charge is -2.25. The number of ether oxygens (including phenoxy) is 2. The maximum Gasteiger partial charge on any atom is 0.306 e. The highest BCUT2D eigenvalue weighted by Gasteiger charge is 2.29. The van der Waals surface area contributed by atoms with Crippen LogP contribution >= 0.6 is 0 Å². The molecule has 142 valence electrons. The van der Waals surface area contributed by atoms with E-state index in [2.05, 4.69) is 5.32 Å². The van der Waals surface area contributed by atoms with E-state index in [4.69, 9.17) is 14.6 Å². The van der Waals surface area contributed by atoms with Gasteiger partial charge in [-0.1, -0.05) is 12.1 Å². The summed E-state index contributed by atoms with van der Waals surface area (Å²) in [6, 6.07) is 6.00. The van der Waals surface area contributed by atoms with E-state index in [1.165, 1.54) is 0 Å². The maximum absolute atomic E-state index is 12.5. The lowest BCUT2D eigenvalue weighted by Crippen LogP contribution is -2.34. The van der Waals surface area contributed by atoms with E-state index in [9.17, 15) is 9.59 Å². The van der Waals surface area contributed by atoms with Crippen LogP contribution < -0.4 is 10.1 Å². The number of nitrogens with one attached hydrogen (secondary N) is 1. The molecular weight excluding hydrogens is 334 g/mol. The Morgan fingerprint density at radius 1 is 1.19 bits per heavy atom. The molecule has 0 radical (unpaired) electrons. The summed E-state index contributed by atoms with van der Waals surface area (Å²) >= 11 is 0. The number of hydrogen-bond donors (Lipinski definition) is 2. The fourth-order valence-electron chi connectivity index (χ4n) is 3.63. The molecule has 6 heteroatoms. The van der Waals surface area contributed by atoms with Gasteiger partial charge in [-0.25, -0.2) is 0 Å². The molecule has 1 saturated carbocycles. The van der Waals surface area contributed by atoms with Crippen molar-refractivity contribution < 1.29 is 24.2 Å². The van der Waals surface area contributed by atoms with Crippen molar-refractivity contribution in [3.63, 3.8) is 0 Å². The Balaban J connectivity index is 1.55. The summed E-state index contributed by atoms with van der Waals surface area (Å²) in [7, 11) is 0. The first kappa shape index (κ1) is 18.7. The van der Waals surface area contributed by atoms with Crippen LogP contribution in [0.5, 0.6) is 5.75 Å². The third-order valence-corrected chi connectivity index (χ3v) is 5.30. The van der Waals surface area contributed by atoms with Crippen LogP contribution in [0.25, 0.3) is 0 Å². The van der Waals surface area contributed by atoms with E-state index in [0.29, 0.717) is 38.8 Å². The van der Waals surface area contributed by atoms with E-state index in [-0.39, 0.29) is 23.8 Å². The molecule has 2 N–H and O–H groups in total. The standard InChI is InChI=1S/C20H27NO5/c1-13-2-3-16(18(10-13)26-17-8-9-25-12-17)11-21-19(22)14-4-6-15(7-5-14)20(23)24/h2-3,10,14-15,17H,4-9,11-12H2,1H3,(H,21,22)(H,23,24). The van der Waals surface area contributed by atoms with Crippen molar-refractivity contribution in [2.45, 2.75) is 51.7 Å². The second kappa shape index (κ2) is 8.54. The number of rotatable bonds is 6. The van der Waals surface area contributed by atoms with Gasteiger partial charge in [0.2, 0.25) is 5.91 Å². The first-order valence-electron chi connectivity index (χ1n) is 9.37. The van der Waals surface area contributed by atoms with Crippen molar-refractivity contribution in [1.29, 1.82) is 0 Å². The molecule has 1 unspecified atom stereocenters. The smallest absolute Gasteiger partial charge is 0.306 e. The quantitative estimate of drug-likeness (QED) is 0.814. The van der Waals surface area contributed by atoms with Crippen LogP contribution in [0.4, 0.5) is 0 Å². The average molecular weight is 361 g/mol. The number of hydrogen-bond acceptors (Lipinski definition) is 4. The van der Waals surface area contributed by atoms with Gasteiger partial charge in [0.1, 0.15) is 11.9 Å². The molecule has 3 rings (SSSR count). The fraction of sp³-hybridized carbons (Fsp3) is 0.600. The van der Waals surface area contributed by atoms with E-state index in [1.54, 1.807) is 0 Å². The Hall–Kier alpha value is -2.08. The number of aryl methyl sites for hydroxylation is 1. The van der Waals surface area contributed by atoms with Gasteiger partial charge in [0.25, 0.3) is 0 Å². The van der Waals surface area contributed by atoms with Crippen LogP contribution in [0.2, 0.25) is 0 Å². The topological polar surface area (TPSA) is 84.9 Å². The number of carbonyl (C=O) groups is 2. The van der Waals surface area contributed by atoms with E-state index in [0.717, 1.165) is 29.9 Å². The molecule has 1 saturated heterocycles. The predicted molar refractivity (Wildman–Crippen MR) is 96.0 cm³/mol. The Morgan fingerprint density at radius 3 is 2.58 bits per heavy atom. The molecule has 2 aliphatic rings. The van der Waals surface area contributed by atoms with Gasteiger partial charge in [-0.05, 0) is 44.2 Å². The Kier molecular flexibility index (Phi) is 6.14. The van der Waals surface area contributed by atoms with Crippen LogP contribution in [-0.4, -0.2) is 36.3 Å². The minimum absolute atomic E-state index is 0.00423. The van der Waals surface area contributed by atoms with Crippen LogP contribution in [0, 0.1) is 18.8 Å². The Labute approximate surface area is 153 Å². The third kappa shape index (κ3) is 4.75. The zero-order valence-electron chi connectivity index (χ0n) is 15.2. The third-order valence-electron chi connectivity index (χ3n) is 5.30. The number of carboxylic acid groups (broad SMARTS) is 1. The van der Waals surface area contributed by atoms with Crippen molar-refractivity contribution in [3.8, 4) is 5.75 Å². The molecule has 1 aromatic rings. The number of aliphatic carboxylic acids is 1. The second-order valence-electron chi connectivity index (χ2n) is 7.32. The summed E-state index contributed by atoms with van der Waals surface area (Å²) in [5.41, 5.74) is 2.07. The fourth-order valence-corrected chi connectivity index (χ4v) is 3.63. The van der Waals surface area contributed by atoms with Crippen LogP contribution in [-0.2, 0) is 20.9 Å². The van der Waals surface area contributed by atoms with Gasteiger partial charge in [0, 0.05) is 24.4 Å². The van der Waals surface area contributed by atoms with Gasteiger partial charge in [0.15, 0.2) is 0 Å². The highest BCUT2D eigenvalue weighted by Crippen LogP contribution is 2.29. The normalized spacial score (nSPS) is 25.7. The zero-order valence-corrected chi connectivity index (χ0v) is 15.2. The summed E-state index contributed by atoms with van der Waals surface area (Å²) in [6.07, 6.45) is 3.38. The number of carbonyl (C=O) groups excluding carboxylic acids is 1. The predicted octanol–water partition coefficient (Wildman–Crippen LogP) is 2.67. The second-order valence-corrected chi connectivity index (χ2v) is 7.32. The highest BCUT2D eigenvalue weighted by molar-refractivity contribution is 5.79. The van der Waals surface area contributed by atoms with Crippen molar-refractivity contribution >= 4 is 11.9 Å². The Bertz CT molecular complexity index is 646. The molecule has 0 bridgehead atoms. The van der Waals surface area contributed by atoms with Crippen molar-refractivity contribution in [3.05, 3.63) is 29.3 Å². The maximum atomic E-state index is 12.5. The van der Waals surface area contributed by atoms with Gasteiger partial charge in [-0.15, -0.1) is 0 Å². The van der Waals surface area contributed by atoms with Crippen molar-refractivity contribution in [1.82, 2.24) is 5.32 Å². The van der Waals surface area contributed by atoms with Crippen LogP contribution in [0.1, 0.15) is 43.2 Å². The summed E-state index contributed by atoms with van der Waals surface area (Å²) in [5, 5.41) is 12.1. The summed E-state index contributed by atoms with van der Waals surface area (Å²) in [4.78, 5) is 23.5. The molecule has 26 heavy (non-hydrogen) atoms. The van der Waals surface area contributed by atoms with Gasteiger partial charge in [0.05, 0.1) is 19.1 Å². The molecule has 1 aromatic carbocycles. The van der Waals surface area contributed by atoms with E-state index >= 15 is 0 Å². The van der Waals surface area contributed by atoms with E-state index < -0.39 is 5.97 Å². The van der Waals surface area contributed by atoms with E-state index in [1.807, 2.05) is 25.1 Å². The molecular formula is C20H27NO5. The van der Waals surface area contributed by atoms with Gasteiger partial charge in [-0.2, -0.15) is 0 Å². The first-order chi connectivity index (χ1) is 12.5. The summed E-state index contributed by atoms with van der Waals surface area (Å²) < 4.78 is 11.4. The minimum Gasteiger partial charge on any atom is -0.488 e. The van der Waals surface area contributed by atoms with Crippen LogP contribution in [0.3, 0.4) is 0 Å². The molecule has 1 heterocycles. The lowest BCUT2D eigenvalue weighted by atomic mass is 9.81. The molecule has 6 nitrogen and oxygen atoms in total. The number of amides is 1. The highest BCUT2D eigenvalue weighted by atomic mass is 16.5. The first-order valence-corrected chi connectivity index (χ1v) is 9.37. The van der Waals surface area contributed by atoms with Crippen molar-refractivity contribution in [2.24, 2.45) is 11.8 Å². The number of benzene rings is 1. The molecule has 2 fully saturated rings. The molecule has 0 aromatic heterocycles. The zero-order chi connectivity index (χ0) is 18.5. The molecule has 1 aliphatic carbocycles.